The van der Waals surface area contributed by atoms with Gasteiger partial charge in [-0.05, 0) is 35.9 Å². The summed E-state index contributed by atoms with van der Waals surface area (Å²) in [6, 6.07) is 9.84. The zero-order valence-corrected chi connectivity index (χ0v) is 16.1. The van der Waals surface area contributed by atoms with Crippen molar-refractivity contribution < 1.29 is 19.4 Å². The molecule has 2 rings (SSSR count). The van der Waals surface area contributed by atoms with E-state index in [0.29, 0.717) is 17.1 Å². The van der Waals surface area contributed by atoms with Crippen LogP contribution in [-0.2, 0) is 11.3 Å². The van der Waals surface area contributed by atoms with Crippen LogP contribution in [0.15, 0.2) is 35.9 Å². The molecule has 27 heavy (non-hydrogen) atoms. The molecule has 0 saturated heterocycles. The van der Waals surface area contributed by atoms with Gasteiger partial charge >= 0.3 is 0 Å². The van der Waals surface area contributed by atoms with E-state index >= 15 is 0 Å². The number of rotatable bonds is 6. The summed E-state index contributed by atoms with van der Waals surface area (Å²) in [6.45, 7) is 0.155. The van der Waals surface area contributed by atoms with Gasteiger partial charge in [0.2, 0.25) is 0 Å². The third kappa shape index (κ3) is 5.07. The van der Waals surface area contributed by atoms with Crippen LogP contribution in [0.2, 0.25) is 10.0 Å². The molecule has 0 atom stereocenters. The van der Waals surface area contributed by atoms with Gasteiger partial charge in [-0.2, -0.15) is 5.26 Å². The molecule has 2 aromatic carbocycles. The molecule has 0 unspecified atom stereocenters. The molecule has 0 heterocycles. The highest BCUT2D eigenvalue weighted by molar-refractivity contribution is 6.37. The Bertz CT molecular complexity index is 913. The number of nitrogens with one attached hydrogen (secondary N) is 1. The Morgan fingerprint density at radius 1 is 1.22 bits per heavy atom. The van der Waals surface area contributed by atoms with Gasteiger partial charge in [-0.25, -0.2) is 0 Å². The Kier molecular flexibility index (Phi) is 6.94. The van der Waals surface area contributed by atoms with E-state index in [1.54, 1.807) is 25.3 Å². The van der Waals surface area contributed by atoms with Crippen molar-refractivity contribution in [2.45, 2.75) is 6.54 Å². The number of amides is 1. The average molecular weight is 407 g/mol. The standard InChI is InChI=1S/C19H16Cl2N2O4/c1-26-14-4-3-12(17(8-14)27-2)10-23-19(25)13(9-22)5-11-6-15(20)18(24)16(21)7-11/h3-8,24H,10H2,1-2H3,(H,23,25)/b13-5+. The van der Waals surface area contributed by atoms with E-state index in [2.05, 4.69) is 5.32 Å². The summed E-state index contributed by atoms with van der Waals surface area (Å²) in [4.78, 5) is 12.3. The van der Waals surface area contributed by atoms with E-state index in [4.69, 9.17) is 32.7 Å². The Labute approximate surface area is 166 Å². The molecule has 2 N–H and O–H groups in total. The maximum Gasteiger partial charge on any atom is 0.262 e. The zero-order chi connectivity index (χ0) is 20.0. The lowest BCUT2D eigenvalue weighted by atomic mass is 10.1. The first-order valence-electron chi connectivity index (χ1n) is 7.68. The molecule has 0 radical (unpaired) electrons. The van der Waals surface area contributed by atoms with E-state index in [1.165, 1.54) is 25.3 Å². The highest BCUT2D eigenvalue weighted by Crippen LogP contribution is 2.33. The number of ether oxygens (including phenoxy) is 2. The van der Waals surface area contributed by atoms with Crippen LogP contribution in [0.4, 0.5) is 0 Å². The molecule has 2 aromatic rings. The van der Waals surface area contributed by atoms with Crippen LogP contribution in [0.25, 0.3) is 6.08 Å². The average Bonchev–Trinajstić information content (AvgIpc) is 2.67. The van der Waals surface area contributed by atoms with Gasteiger partial charge in [0.25, 0.3) is 5.91 Å². The number of hydrogen-bond donors (Lipinski definition) is 2. The van der Waals surface area contributed by atoms with Crippen molar-refractivity contribution in [3.63, 3.8) is 0 Å². The quantitative estimate of drug-likeness (QED) is 0.559. The lowest BCUT2D eigenvalue weighted by molar-refractivity contribution is -0.117. The van der Waals surface area contributed by atoms with Crippen LogP contribution in [0, 0.1) is 11.3 Å². The second kappa shape index (κ2) is 9.17. The molecule has 0 aliphatic heterocycles. The predicted molar refractivity (Wildman–Crippen MR) is 103 cm³/mol. The fourth-order valence-electron chi connectivity index (χ4n) is 2.25. The van der Waals surface area contributed by atoms with E-state index in [0.717, 1.165) is 5.56 Å². The normalized spacial score (nSPS) is 10.9. The topological polar surface area (TPSA) is 91.6 Å². The van der Waals surface area contributed by atoms with E-state index in [-0.39, 0.29) is 27.9 Å². The number of nitrogens with zero attached hydrogens (tertiary/aromatic N) is 1. The van der Waals surface area contributed by atoms with Crippen molar-refractivity contribution in [2.75, 3.05) is 14.2 Å². The Morgan fingerprint density at radius 3 is 2.44 bits per heavy atom. The second-order valence-electron chi connectivity index (χ2n) is 5.36. The molecule has 140 valence electrons. The SMILES string of the molecule is COc1ccc(CNC(=O)/C(C#N)=C/c2cc(Cl)c(O)c(Cl)c2)c(OC)c1. The van der Waals surface area contributed by atoms with Gasteiger partial charge in [0.05, 0.1) is 24.3 Å². The number of aromatic hydroxyl groups is 1. The number of benzene rings is 2. The molecule has 6 nitrogen and oxygen atoms in total. The van der Waals surface area contributed by atoms with Crippen molar-refractivity contribution in [3.05, 3.63) is 57.1 Å². The fraction of sp³-hybridized carbons (Fsp3) is 0.158. The molecule has 0 aliphatic rings. The molecule has 0 bridgehead atoms. The number of halogens is 2. The summed E-state index contributed by atoms with van der Waals surface area (Å²) >= 11 is 11.7. The first-order chi connectivity index (χ1) is 12.9. The Morgan fingerprint density at radius 2 is 1.89 bits per heavy atom. The number of nitriles is 1. The molecule has 0 aliphatic carbocycles. The highest BCUT2D eigenvalue weighted by atomic mass is 35.5. The number of methoxy groups -OCH3 is 2. The van der Waals surface area contributed by atoms with Crippen LogP contribution < -0.4 is 14.8 Å². The molecule has 8 heteroatoms. The first-order valence-corrected chi connectivity index (χ1v) is 8.44. The van der Waals surface area contributed by atoms with Crippen LogP contribution >= 0.6 is 23.2 Å². The van der Waals surface area contributed by atoms with E-state index in [1.807, 2.05) is 6.07 Å². The van der Waals surface area contributed by atoms with E-state index in [9.17, 15) is 15.2 Å². The number of hydrogen-bond acceptors (Lipinski definition) is 5. The second-order valence-corrected chi connectivity index (χ2v) is 6.18. The summed E-state index contributed by atoms with van der Waals surface area (Å²) in [5.74, 6) is 0.343. The molecule has 0 spiro atoms. The zero-order valence-electron chi connectivity index (χ0n) is 14.5. The maximum absolute atomic E-state index is 12.3. The van der Waals surface area contributed by atoms with Crippen LogP contribution in [0.3, 0.4) is 0 Å². The molecule has 0 aromatic heterocycles. The van der Waals surface area contributed by atoms with Gasteiger partial charge in [0, 0.05) is 18.2 Å². The summed E-state index contributed by atoms with van der Waals surface area (Å²) in [5, 5.41) is 21.6. The molecule has 0 saturated carbocycles. The maximum atomic E-state index is 12.3. The van der Waals surface area contributed by atoms with E-state index < -0.39 is 5.91 Å². The van der Waals surface area contributed by atoms with Gasteiger partial charge in [-0.3, -0.25) is 4.79 Å². The summed E-state index contributed by atoms with van der Waals surface area (Å²) in [5.41, 5.74) is 0.997. The summed E-state index contributed by atoms with van der Waals surface area (Å²) in [7, 11) is 3.06. The summed E-state index contributed by atoms with van der Waals surface area (Å²) < 4.78 is 10.4. The third-order valence-corrected chi connectivity index (χ3v) is 4.23. The van der Waals surface area contributed by atoms with Gasteiger partial charge in [0.15, 0.2) is 5.75 Å². The van der Waals surface area contributed by atoms with Gasteiger partial charge in [-0.1, -0.05) is 23.2 Å². The third-order valence-electron chi connectivity index (χ3n) is 3.65. The van der Waals surface area contributed by atoms with Crippen molar-refractivity contribution >= 4 is 35.2 Å². The van der Waals surface area contributed by atoms with Crippen molar-refractivity contribution in [2.24, 2.45) is 0 Å². The molecular weight excluding hydrogens is 391 g/mol. The van der Waals surface area contributed by atoms with Gasteiger partial charge < -0.3 is 19.9 Å². The first kappa shape index (κ1) is 20.4. The minimum atomic E-state index is -0.573. The monoisotopic (exact) mass is 406 g/mol. The highest BCUT2D eigenvalue weighted by Gasteiger charge is 2.13. The van der Waals surface area contributed by atoms with Crippen molar-refractivity contribution in [1.29, 1.82) is 5.26 Å². The van der Waals surface area contributed by atoms with Crippen molar-refractivity contribution in [1.82, 2.24) is 5.32 Å². The lowest BCUT2D eigenvalue weighted by Gasteiger charge is -2.11. The minimum Gasteiger partial charge on any atom is -0.505 e. The molecule has 0 fully saturated rings. The lowest BCUT2D eigenvalue weighted by Crippen LogP contribution is -2.24. The van der Waals surface area contributed by atoms with Gasteiger partial charge in [0.1, 0.15) is 23.1 Å². The van der Waals surface area contributed by atoms with Crippen LogP contribution in [0.5, 0.6) is 17.2 Å². The van der Waals surface area contributed by atoms with Crippen LogP contribution in [-0.4, -0.2) is 25.2 Å². The van der Waals surface area contributed by atoms with Crippen molar-refractivity contribution in [3.8, 4) is 23.3 Å². The number of phenols is 1. The number of carbonyl (C=O) groups is 1. The van der Waals surface area contributed by atoms with Crippen LogP contribution in [0.1, 0.15) is 11.1 Å². The Hall–Kier alpha value is -2.88. The summed E-state index contributed by atoms with van der Waals surface area (Å²) in [6.07, 6.45) is 1.33. The predicted octanol–water partition coefficient (Wildman–Crippen LogP) is 3.94. The number of carbonyl (C=O) groups excluding carboxylic acids is 1. The fourth-order valence-corrected chi connectivity index (χ4v) is 2.76. The Balaban J connectivity index is 2.18. The van der Waals surface area contributed by atoms with Gasteiger partial charge in [-0.15, -0.1) is 0 Å². The molecule has 1 amide bonds. The molecular formula is C19H16Cl2N2O4. The minimum absolute atomic E-state index is 0.0226. The smallest absolute Gasteiger partial charge is 0.262 e. The number of phenolic OH excluding ortho intramolecular Hbond substituents is 1. The largest absolute Gasteiger partial charge is 0.505 e.